The summed E-state index contributed by atoms with van der Waals surface area (Å²) in [5.41, 5.74) is 1.23. The fraction of sp³-hybridized carbons (Fsp3) is 0.692. The summed E-state index contributed by atoms with van der Waals surface area (Å²) >= 11 is 0. The average molecular weight is 249 g/mol. The fourth-order valence-corrected chi connectivity index (χ4v) is 2.39. The van der Waals surface area contributed by atoms with E-state index in [1.165, 1.54) is 5.56 Å². The lowest BCUT2D eigenvalue weighted by Crippen LogP contribution is -2.45. The monoisotopic (exact) mass is 249 g/mol. The van der Waals surface area contributed by atoms with Crippen molar-refractivity contribution in [3.8, 4) is 0 Å². The molecule has 5 heteroatoms. The smallest absolute Gasteiger partial charge is 0.137 e. The fourth-order valence-electron chi connectivity index (χ4n) is 2.39. The van der Waals surface area contributed by atoms with Crippen LogP contribution in [0, 0.1) is 0 Å². The first-order valence-corrected chi connectivity index (χ1v) is 6.59. The highest BCUT2D eigenvalue weighted by molar-refractivity contribution is 5.60. The zero-order chi connectivity index (χ0) is 13.1. The molecule has 0 unspecified atom stereocenters. The quantitative estimate of drug-likeness (QED) is 0.877. The van der Waals surface area contributed by atoms with E-state index >= 15 is 0 Å². The van der Waals surface area contributed by atoms with Crippen LogP contribution < -0.4 is 10.2 Å². The molecule has 0 aromatic carbocycles. The molecule has 0 bridgehead atoms. The molecule has 0 atom stereocenters. The summed E-state index contributed by atoms with van der Waals surface area (Å²) in [6, 6.07) is 0. The Bertz CT molecular complexity index is 396. The van der Waals surface area contributed by atoms with Crippen molar-refractivity contribution in [2.75, 3.05) is 50.5 Å². The van der Waals surface area contributed by atoms with Crippen LogP contribution in [0.1, 0.15) is 25.3 Å². The van der Waals surface area contributed by atoms with Gasteiger partial charge in [0.15, 0.2) is 0 Å². The Balaban J connectivity index is 2.32. The van der Waals surface area contributed by atoms with Gasteiger partial charge in [-0.2, -0.15) is 0 Å². The van der Waals surface area contributed by atoms with Crippen molar-refractivity contribution in [1.82, 2.24) is 14.9 Å². The minimum absolute atomic E-state index is 0.420. The molecule has 0 saturated carbocycles. The molecule has 1 aliphatic heterocycles. The molecule has 0 radical (unpaired) electrons. The van der Waals surface area contributed by atoms with Gasteiger partial charge in [0.05, 0.1) is 0 Å². The molecule has 1 aliphatic rings. The zero-order valence-electron chi connectivity index (χ0n) is 11.8. The third-order valence-electron chi connectivity index (χ3n) is 3.48. The first kappa shape index (κ1) is 13.1. The Morgan fingerprint density at radius 3 is 2.39 bits per heavy atom. The largest absolute Gasteiger partial charge is 0.373 e. The van der Waals surface area contributed by atoms with Gasteiger partial charge in [-0.15, -0.1) is 0 Å². The van der Waals surface area contributed by atoms with Crippen molar-refractivity contribution in [3.63, 3.8) is 0 Å². The second kappa shape index (κ2) is 5.52. The average Bonchev–Trinajstić information content (AvgIpc) is 2.38. The highest BCUT2D eigenvalue weighted by Gasteiger charge is 2.21. The van der Waals surface area contributed by atoms with Crippen LogP contribution >= 0.6 is 0 Å². The van der Waals surface area contributed by atoms with Gasteiger partial charge in [0.25, 0.3) is 0 Å². The molecule has 100 valence electrons. The summed E-state index contributed by atoms with van der Waals surface area (Å²) in [6.07, 6.45) is 1.66. The number of likely N-dealkylation sites (N-methyl/N-ethyl adjacent to an activating group) is 1. The van der Waals surface area contributed by atoms with Gasteiger partial charge in [-0.25, -0.2) is 9.97 Å². The molecule has 1 aromatic rings. The lowest BCUT2D eigenvalue weighted by molar-refractivity contribution is 0.311. The maximum atomic E-state index is 4.51. The minimum Gasteiger partial charge on any atom is -0.373 e. The molecule has 0 spiro atoms. The normalized spacial score (nSPS) is 17.3. The predicted octanol–water partition coefficient (Wildman–Crippen LogP) is 1.39. The van der Waals surface area contributed by atoms with E-state index in [4.69, 9.17) is 0 Å². The Labute approximate surface area is 109 Å². The maximum absolute atomic E-state index is 4.51. The van der Waals surface area contributed by atoms with Crippen LogP contribution in [0.4, 0.5) is 11.6 Å². The third kappa shape index (κ3) is 2.56. The van der Waals surface area contributed by atoms with E-state index in [2.05, 4.69) is 46.0 Å². The molecule has 1 aromatic heterocycles. The Morgan fingerprint density at radius 1 is 1.17 bits per heavy atom. The van der Waals surface area contributed by atoms with Crippen molar-refractivity contribution in [2.45, 2.75) is 19.8 Å². The van der Waals surface area contributed by atoms with Crippen molar-refractivity contribution in [3.05, 3.63) is 11.9 Å². The van der Waals surface area contributed by atoms with Crippen LogP contribution in [0.15, 0.2) is 6.33 Å². The minimum atomic E-state index is 0.420. The summed E-state index contributed by atoms with van der Waals surface area (Å²) in [7, 11) is 4.08. The van der Waals surface area contributed by atoms with E-state index in [0.29, 0.717) is 5.92 Å². The van der Waals surface area contributed by atoms with Crippen molar-refractivity contribution >= 4 is 11.6 Å². The molecule has 2 rings (SSSR count). The summed E-state index contributed by atoms with van der Waals surface area (Å²) in [6.45, 7) is 8.65. The van der Waals surface area contributed by atoms with Crippen LogP contribution in [0.3, 0.4) is 0 Å². The van der Waals surface area contributed by atoms with Crippen LogP contribution in [-0.2, 0) is 0 Å². The lowest BCUT2D eigenvalue weighted by atomic mass is 10.0. The highest BCUT2D eigenvalue weighted by atomic mass is 15.3. The molecule has 18 heavy (non-hydrogen) atoms. The van der Waals surface area contributed by atoms with Gasteiger partial charge in [-0.05, 0) is 13.0 Å². The molecular weight excluding hydrogens is 226 g/mol. The molecule has 5 nitrogen and oxygen atoms in total. The first-order valence-electron chi connectivity index (χ1n) is 6.59. The van der Waals surface area contributed by atoms with Gasteiger partial charge in [-0.3, -0.25) is 0 Å². The second-order valence-corrected chi connectivity index (χ2v) is 5.15. The summed E-state index contributed by atoms with van der Waals surface area (Å²) in [4.78, 5) is 13.6. The summed E-state index contributed by atoms with van der Waals surface area (Å²) < 4.78 is 0. The summed E-state index contributed by atoms with van der Waals surface area (Å²) in [5.74, 6) is 2.47. The molecule has 0 aliphatic carbocycles. The molecule has 2 heterocycles. The van der Waals surface area contributed by atoms with Crippen molar-refractivity contribution < 1.29 is 0 Å². The Morgan fingerprint density at radius 2 is 1.83 bits per heavy atom. The van der Waals surface area contributed by atoms with Gasteiger partial charge in [-0.1, -0.05) is 13.8 Å². The van der Waals surface area contributed by atoms with Crippen molar-refractivity contribution in [2.24, 2.45) is 0 Å². The number of nitrogens with one attached hydrogen (secondary N) is 1. The number of anilines is 2. The van der Waals surface area contributed by atoms with Crippen LogP contribution in [0.25, 0.3) is 0 Å². The van der Waals surface area contributed by atoms with Gasteiger partial charge in [0.1, 0.15) is 18.0 Å². The van der Waals surface area contributed by atoms with Gasteiger partial charge >= 0.3 is 0 Å². The van der Waals surface area contributed by atoms with Gasteiger partial charge < -0.3 is 15.1 Å². The van der Waals surface area contributed by atoms with E-state index in [0.717, 1.165) is 37.8 Å². The zero-order valence-corrected chi connectivity index (χ0v) is 11.8. The number of nitrogens with zero attached hydrogens (tertiary/aromatic N) is 4. The standard InChI is InChI=1S/C13H23N5/c1-10(2)11-12(14-3)15-9-16-13(11)18-7-5-17(4)6-8-18/h9-10H,5-8H2,1-4H3,(H,14,15,16). The number of hydrogen-bond acceptors (Lipinski definition) is 5. The van der Waals surface area contributed by atoms with Crippen LogP contribution in [0.2, 0.25) is 0 Å². The maximum Gasteiger partial charge on any atom is 0.137 e. The molecule has 1 fully saturated rings. The topological polar surface area (TPSA) is 44.3 Å². The number of hydrogen-bond donors (Lipinski definition) is 1. The SMILES string of the molecule is CNc1ncnc(N2CCN(C)CC2)c1C(C)C. The lowest BCUT2D eigenvalue weighted by Gasteiger charge is -2.35. The van der Waals surface area contributed by atoms with E-state index in [1.54, 1.807) is 6.33 Å². The van der Waals surface area contributed by atoms with Crippen LogP contribution in [0.5, 0.6) is 0 Å². The molecule has 0 amide bonds. The Hall–Kier alpha value is -1.36. The molecule has 1 saturated heterocycles. The Kier molecular flexibility index (Phi) is 4.01. The molecule has 1 N–H and O–H groups in total. The third-order valence-corrected chi connectivity index (χ3v) is 3.48. The van der Waals surface area contributed by atoms with Gasteiger partial charge in [0.2, 0.25) is 0 Å². The predicted molar refractivity (Wildman–Crippen MR) is 75.4 cm³/mol. The number of rotatable bonds is 3. The van der Waals surface area contributed by atoms with E-state index in [9.17, 15) is 0 Å². The summed E-state index contributed by atoms with van der Waals surface area (Å²) in [5, 5.41) is 3.18. The van der Waals surface area contributed by atoms with Crippen molar-refractivity contribution in [1.29, 1.82) is 0 Å². The second-order valence-electron chi connectivity index (χ2n) is 5.15. The van der Waals surface area contributed by atoms with Crippen LogP contribution in [-0.4, -0.2) is 55.1 Å². The molecular formula is C13H23N5. The van der Waals surface area contributed by atoms with Gasteiger partial charge in [0, 0.05) is 38.8 Å². The van der Waals surface area contributed by atoms with E-state index < -0.39 is 0 Å². The first-order chi connectivity index (χ1) is 8.63. The van der Waals surface area contributed by atoms with E-state index in [1.807, 2.05) is 7.05 Å². The highest BCUT2D eigenvalue weighted by Crippen LogP contribution is 2.30. The number of piperazine rings is 1. The van der Waals surface area contributed by atoms with E-state index in [-0.39, 0.29) is 0 Å². The number of aromatic nitrogens is 2.